The first-order valence-corrected chi connectivity index (χ1v) is 4.63. The van der Waals surface area contributed by atoms with Gasteiger partial charge < -0.3 is 10.7 Å². The van der Waals surface area contributed by atoms with Crippen LogP contribution in [0.1, 0.15) is 19.5 Å². The first-order valence-electron chi connectivity index (χ1n) is 4.63. The molecule has 76 valence electrons. The summed E-state index contributed by atoms with van der Waals surface area (Å²) in [5.41, 5.74) is 6.49. The van der Waals surface area contributed by atoms with E-state index in [1.165, 1.54) is 6.20 Å². The smallest absolute Gasteiger partial charge is 0.154 e. The monoisotopic (exact) mass is 195 g/mol. The summed E-state index contributed by atoms with van der Waals surface area (Å²) in [6, 6.07) is 1.72. The second kappa shape index (κ2) is 4.72. The molecule has 2 heterocycles. The molecule has 0 atom stereocenters. The third-order valence-electron chi connectivity index (χ3n) is 1.81. The minimum Gasteiger partial charge on any atom is -0.355 e. The van der Waals surface area contributed by atoms with E-state index in [1.807, 2.05) is 13.8 Å². The van der Waals surface area contributed by atoms with E-state index in [9.17, 15) is 4.39 Å². The van der Waals surface area contributed by atoms with E-state index in [0.717, 1.165) is 5.52 Å². The number of H-pyrrole nitrogens is 1. The van der Waals surface area contributed by atoms with Crippen LogP contribution in [0, 0.1) is 5.82 Å². The minimum atomic E-state index is -0.291. The Balaban J connectivity index is 0.000000461. The Kier molecular flexibility index (Phi) is 3.59. The molecule has 0 aromatic carbocycles. The van der Waals surface area contributed by atoms with E-state index in [2.05, 4.69) is 9.97 Å². The molecule has 0 spiro atoms. The zero-order chi connectivity index (χ0) is 10.6. The molecule has 0 unspecified atom stereocenters. The van der Waals surface area contributed by atoms with Crippen LogP contribution >= 0.6 is 0 Å². The number of fused-ring (bicyclic) bond motifs is 1. The van der Waals surface area contributed by atoms with Gasteiger partial charge in [-0.15, -0.1) is 0 Å². The van der Waals surface area contributed by atoms with Crippen molar-refractivity contribution >= 4 is 10.9 Å². The normalized spacial score (nSPS) is 9.71. The molecule has 0 saturated heterocycles. The average Bonchev–Trinajstić information content (AvgIpc) is 2.59. The summed E-state index contributed by atoms with van der Waals surface area (Å²) in [5.74, 6) is -0.291. The predicted octanol–water partition coefficient (Wildman–Crippen LogP) is 2.19. The molecule has 0 aliphatic rings. The van der Waals surface area contributed by atoms with Crippen molar-refractivity contribution in [2.75, 3.05) is 0 Å². The largest absolute Gasteiger partial charge is 0.355 e. The fourth-order valence-corrected chi connectivity index (χ4v) is 1.20. The number of aromatic amines is 1. The van der Waals surface area contributed by atoms with E-state index in [4.69, 9.17) is 5.73 Å². The second-order valence-corrected chi connectivity index (χ2v) is 2.54. The Bertz CT molecular complexity index is 409. The van der Waals surface area contributed by atoms with Gasteiger partial charge in [0.2, 0.25) is 0 Å². The highest BCUT2D eigenvalue weighted by atomic mass is 19.1. The van der Waals surface area contributed by atoms with Crippen molar-refractivity contribution in [3.05, 3.63) is 30.0 Å². The lowest BCUT2D eigenvalue weighted by Gasteiger charge is -1.87. The van der Waals surface area contributed by atoms with Crippen LogP contribution in [-0.4, -0.2) is 9.97 Å². The number of rotatable bonds is 1. The Morgan fingerprint density at radius 1 is 1.50 bits per heavy atom. The third-order valence-corrected chi connectivity index (χ3v) is 1.81. The Hall–Kier alpha value is -1.42. The fraction of sp³-hybridized carbons (Fsp3) is 0.300. The van der Waals surface area contributed by atoms with Gasteiger partial charge in [-0.3, -0.25) is 4.98 Å². The molecule has 4 heteroatoms. The van der Waals surface area contributed by atoms with Gasteiger partial charge in [0, 0.05) is 18.9 Å². The molecule has 3 N–H and O–H groups in total. The lowest BCUT2D eigenvalue weighted by atomic mass is 10.3. The van der Waals surface area contributed by atoms with Gasteiger partial charge in [0.1, 0.15) is 0 Å². The molecule has 2 rings (SSSR count). The number of pyridine rings is 1. The molecule has 0 radical (unpaired) electrons. The summed E-state index contributed by atoms with van der Waals surface area (Å²) in [5, 5.41) is 0.498. The number of aromatic nitrogens is 2. The standard InChI is InChI=1S/C8H8FN3.C2H6/c9-8-5-4-11-2-1-6(5)12-7(8)3-10;1-2/h1-2,4,12H,3,10H2;1-2H3. The summed E-state index contributed by atoms with van der Waals surface area (Å²) in [4.78, 5) is 6.69. The van der Waals surface area contributed by atoms with Crippen molar-refractivity contribution in [3.63, 3.8) is 0 Å². The number of nitrogens with zero attached hydrogens (tertiary/aromatic N) is 1. The maximum atomic E-state index is 13.3. The minimum absolute atomic E-state index is 0.181. The quantitative estimate of drug-likeness (QED) is 0.732. The van der Waals surface area contributed by atoms with E-state index in [1.54, 1.807) is 12.3 Å². The molecule has 0 aliphatic heterocycles. The number of halogens is 1. The molecule has 14 heavy (non-hydrogen) atoms. The van der Waals surface area contributed by atoms with Gasteiger partial charge in [0.05, 0.1) is 16.6 Å². The topological polar surface area (TPSA) is 54.7 Å². The van der Waals surface area contributed by atoms with Crippen LogP contribution in [0.25, 0.3) is 10.9 Å². The fourth-order valence-electron chi connectivity index (χ4n) is 1.20. The first-order chi connectivity index (χ1) is 6.83. The van der Waals surface area contributed by atoms with Gasteiger partial charge in [-0.1, -0.05) is 13.8 Å². The van der Waals surface area contributed by atoms with Crippen molar-refractivity contribution in [3.8, 4) is 0 Å². The highest BCUT2D eigenvalue weighted by Gasteiger charge is 2.08. The number of nitrogens with two attached hydrogens (primary N) is 1. The number of hydrogen-bond acceptors (Lipinski definition) is 2. The number of nitrogens with one attached hydrogen (secondary N) is 1. The lowest BCUT2D eigenvalue weighted by molar-refractivity contribution is 0.620. The van der Waals surface area contributed by atoms with Gasteiger partial charge in [-0.05, 0) is 6.07 Å². The predicted molar refractivity (Wildman–Crippen MR) is 55.3 cm³/mol. The van der Waals surface area contributed by atoms with Crippen LogP contribution < -0.4 is 5.73 Å². The van der Waals surface area contributed by atoms with Crippen molar-refractivity contribution < 1.29 is 4.39 Å². The molecule has 3 nitrogen and oxygen atoms in total. The highest BCUT2D eigenvalue weighted by Crippen LogP contribution is 2.18. The van der Waals surface area contributed by atoms with E-state index >= 15 is 0 Å². The van der Waals surface area contributed by atoms with Crippen molar-refractivity contribution in [2.24, 2.45) is 5.73 Å². The SMILES string of the molecule is CC.NCc1[nH]c2ccncc2c1F. The molecule has 0 amide bonds. The van der Waals surface area contributed by atoms with Crippen LogP contribution in [-0.2, 0) is 6.54 Å². The molecular formula is C10H14FN3. The molecular weight excluding hydrogens is 181 g/mol. The van der Waals surface area contributed by atoms with E-state index in [-0.39, 0.29) is 12.4 Å². The molecule has 2 aromatic heterocycles. The maximum absolute atomic E-state index is 13.3. The molecule has 2 aromatic rings. The average molecular weight is 195 g/mol. The Morgan fingerprint density at radius 3 is 2.79 bits per heavy atom. The first kappa shape index (κ1) is 10.7. The summed E-state index contributed by atoms with van der Waals surface area (Å²) in [6.07, 6.45) is 3.10. The molecule has 0 saturated carbocycles. The third kappa shape index (κ3) is 1.75. The van der Waals surface area contributed by atoms with Gasteiger partial charge >= 0.3 is 0 Å². The summed E-state index contributed by atoms with van der Waals surface area (Å²) in [6.45, 7) is 4.18. The zero-order valence-electron chi connectivity index (χ0n) is 8.34. The molecule has 0 aliphatic carbocycles. The van der Waals surface area contributed by atoms with E-state index in [0.29, 0.717) is 11.1 Å². The summed E-state index contributed by atoms with van der Waals surface area (Å²) < 4.78 is 13.3. The van der Waals surface area contributed by atoms with Gasteiger partial charge in [-0.25, -0.2) is 4.39 Å². The van der Waals surface area contributed by atoms with Gasteiger partial charge in [0.15, 0.2) is 5.82 Å². The Morgan fingerprint density at radius 2 is 2.21 bits per heavy atom. The van der Waals surface area contributed by atoms with Gasteiger partial charge in [-0.2, -0.15) is 0 Å². The lowest BCUT2D eigenvalue weighted by Crippen LogP contribution is -1.98. The molecule has 0 fully saturated rings. The van der Waals surface area contributed by atoms with Crippen LogP contribution in [0.15, 0.2) is 18.5 Å². The van der Waals surface area contributed by atoms with E-state index < -0.39 is 0 Å². The Labute approximate surface area is 82.1 Å². The summed E-state index contributed by atoms with van der Waals surface area (Å²) in [7, 11) is 0. The summed E-state index contributed by atoms with van der Waals surface area (Å²) >= 11 is 0. The second-order valence-electron chi connectivity index (χ2n) is 2.54. The van der Waals surface area contributed by atoms with Crippen LogP contribution in [0.5, 0.6) is 0 Å². The zero-order valence-corrected chi connectivity index (χ0v) is 8.34. The number of hydrogen-bond donors (Lipinski definition) is 2. The van der Waals surface area contributed by atoms with Crippen LogP contribution in [0.2, 0.25) is 0 Å². The van der Waals surface area contributed by atoms with Crippen molar-refractivity contribution in [1.29, 1.82) is 0 Å². The molecule has 0 bridgehead atoms. The van der Waals surface area contributed by atoms with Crippen LogP contribution in [0.3, 0.4) is 0 Å². The highest BCUT2D eigenvalue weighted by molar-refractivity contribution is 5.79. The van der Waals surface area contributed by atoms with Crippen LogP contribution in [0.4, 0.5) is 4.39 Å². The van der Waals surface area contributed by atoms with Gasteiger partial charge in [0.25, 0.3) is 0 Å². The maximum Gasteiger partial charge on any atom is 0.154 e. The van der Waals surface area contributed by atoms with Crippen molar-refractivity contribution in [1.82, 2.24) is 9.97 Å². The van der Waals surface area contributed by atoms with Crippen molar-refractivity contribution in [2.45, 2.75) is 20.4 Å².